The average Bonchev–Trinajstić information content (AvgIpc) is 1.97. The van der Waals surface area contributed by atoms with Crippen molar-refractivity contribution in [3.63, 3.8) is 0 Å². The van der Waals surface area contributed by atoms with Crippen LogP contribution in [0.1, 0.15) is 40.0 Å². The van der Waals surface area contributed by atoms with Gasteiger partial charge in [0.15, 0.2) is 0 Å². The molecule has 0 rings (SSSR count). The Labute approximate surface area is 80.9 Å². The van der Waals surface area contributed by atoms with Gasteiger partial charge in [0.2, 0.25) is 0 Å². The average molecular weight is 190 g/mol. The van der Waals surface area contributed by atoms with Gasteiger partial charge in [-0.25, -0.2) is 0 Å². The van der Waals surface area contributed by atoms with E-state index >= 15 is 0 Å². The van der Waals surface area contributed by atoms with Crippen molar-refractivity contribution in [1.29, 1.82) is 0 Å². The maximum atomic E-state index is 9.51. The lowest BCUT2D eigenvalue weighted by molar-refractivity contribution is 0.139. The van der Waals surface area contributed by atoms with Gasteiger partial charge < -0.3 is 5.11 Å². The number of hydrogen-bond acceptors (Lipinski definition) is 2. The molecule has 12 heavy (non-hydrogen) atoms. The third-order valence-electron chi connectivity index (χ3n) is 1.77. The molecule has 2 heteroatoms. The molecule has 0 radical (unpaired) electrons. The van der Waals surface area contributed by atoms with Gasteiger partial charge in [0.05, 0.1) is 6.10 Å². The molecule has 1 nitrogen and oxygen atoms in total. The van der Waals surface area contributed by atoms with E-state index in [4.69, 9.17) is 0 Å². The summed E-state index contributed by atoms with van der Waals surface area (Å²) in [6.45, 7) is 6.49. The Kier molecular flexibility index (Phi) is 8.14. The first-order valence-corrected chi connectivity index (χ1v) is 6.08. The van der Waals surface area contributed by atoms with Gasteiger partial charge in [-0.05, 0) is 36.7 Å². The van der Waals surface area contributed by atoms with E-state index < -0.39 is 0 Å². The molecule has 0 bridgehead atoms. The van der Waals surface area contributed by atoms with Crippen LogP contribution in [0.5, 0.6) is 0 Å². The van der Waals surface area contributed by atoms with Crippen molar-refractivity contribution in [2.75, 3.05) is 11.5 Å². The third kappa shape index (κ3) is 8.41. The van der Waals surface area contributed by atoms with Crippen LogP contribution in [-0.4, -0.2) is 22.7 Å². The Morgan fingerprint density at radius 1 is 1.33 bits per heavy atom. The zero-order chi connectivity index (χ0) is 9.40. The van der Waals surface area contributed by atoms with Crippen molar-refractivity contribution >= 4 is 11.8 Å². The Bertz CT molecular complexity index is 93.8. The molecule has 0 saturated carbocycles. The highest BCUT2D eigenvalue weighted by Gasteiger charge is 2.05. The van der Waals surface area contributed by atoms with Gasteiger partial charge in [-0.3, -0.25) is 0 Å². The first kappa shape index (κ1) is 12.3. The second kappa shape index (κ2) is 7.93. The molecule has 0 aromatic rings. The molecule has 0 fully saturated rings. The van der Waals surface area contributed by atoms with Crippen molar-refractivity contribution < 1.29 is 5.11 Å². The molecule has 0 amide bonds. The largest absolute Gasteiger partial charge is 0.393 e. The van der Waals surface area contributed by atoms with Gasteiger partial charge in [-0.1, -0.05) is 20.8 Å². The van der Waals surface area contributed by atoms with Gasteiger partial charge >= 0.3 is 0 Å². The van der Waals surface area contributed by atoms with Crippen LogP contribution in [0.4, 0.5) is 0 Å². The van der Waals surface area contributed by atoms with Gasteiger partial charge in [-0.2, -0.15) is 11.8 Å². The molecular formula is C10H22OS. The Balaban J connectivity index is 3.14. The lowest BCUT2D eigenvalue weighted by Crippen LogP contribution is -2.10. The normalized spacial score (nSPS) is 13.8. The van der Waals surface area contributed by atoms with Gasteiger partial charge in [0.1, 0.15) is 0 Å². The lowest BCUT2D eigenvalue weighted by atomic mass is 10.0. The number of hydrogen-bond donors (Lipinski definition) is 1. The van der Waals surface area contributed by atoms with E-state index in [0.717, 1.165) is 19.3 Å². The van der Waals surface area contributed by atoms with Crippen molar-refractivity contribution in [3.05, 3.63) is 0 Å². The SMILES string of the molecule is CCSCCCC(O)CC(C)C. The van der Waals surface area contributed by atoms with Crippen LogP contribution in [0.25, 0.3) is 0 Å². The van der Waals surface area contributed by atoms with Crippen LogP contribution in [0.15, 0.2) is 0 Å². The smallest absolute Gasteiger partial charge is 0.0543 e. The topological polar surface area (TPSA) is 20.2 Å². The van der Waals surface area contributed by atoms with E-state index in [2.05, 4.69) is 20.8 Å². The van der Waals surface area contributed by atoms with Crippen molar-refractivity contribution in [1.82, 2.24) is 0 Å². The van der Waals surface area contributed by atoms with Crippen molar-refractivity contribution in [3.8, 4) is 0 Å². The number of aliphatic hydroxyl groups is 1. The molecule has 0 aromatic heterocycles. The lowest BCUT2D eigenvalue weighted by Gasteiger charge is -2.12. The minimum atomic E-state index is -0.0672. The summed E-state index contributed by atoms with van der Waals surface area (Å²) in [5.41, 5.74) is 0. The maximum absolute atomic E-state index is 9.51. The predicted octanol–water partition coefficient (Wildman–Crippen LogP) is 2.93. The molecular weight excluding hydrogens is 168 g/mol. The fourth-order valence-corrected chi connectivity index (χ4v) is 1.89. The van der Waals surface area contributed by atoms with E-state index in [9.17, 15) is 5.11 Å². The predicted molar refractivity (Wildman–Crippen MR) is 57.7 cm³/mol. The van der Waals surface area contributed by atoms with Crippen LogP contribution < -0.4 is 0 Å². The molecule has 0 aliphatic rings. The third-order valence-corrected chi connectivity index (χ3v) is 2.76. The van der Waals surface area contributed by atoms with Crippen LogP contribution in [0, 0.1) is 5.92 Å². The van der Waals surface area contributed by atoms with Gasteiger partial charge in [-0.15, -0.1) is 0 Å². The number of rotatable bonds is 7. The minimum Gasteiger partial charge on any atom is -0.393 e. The molecule has 0 aromatic carbocycles. The highest BCUT2D eigenvalue weighted by molar-refractivity contribution is 7.99. The first-order chi connectivity index (χ1) is 5.66. The summed E-state index contributed by atoms with van der Waals surface area (Å²) in [4.78, 5) is 0. The highest BCUT2D eigenvalue weighted by atomic mass is 32.2. The Morgan fingerprint density at radius 2 is 2.00 bits per heavy atom. The van der Waals surface area contributed by atoms with E-state index in [1.807, 2.05) is 11.8 Å². The number of aliphatic hydroxyl groups excluding tert-OH is 1. The number of thioether (sulfide) groups is 1. The first-order valence-electron chi connectivity index (χ1n) is 4.92. The second-order valence-corrected chi connectivity index (χ2v) is 5.02. The Hall–Kier alpha value is 0.310. The monoisotopic (exact) mass is 190 g/mol. The van der Waals surface area contributed by atoms with Gasteiger partial charge in [0.25, 0.3) is 0 Å². The summed E-state index contributed by atoms with van der Waals surface area (Å²) >= 11 is 1.96. The maximum Gasteiger partial charge on any atom is 0.0543 e. The van der Waals surface area contributed by atoms with E-state index in [0.29, 0.717) is 5.92 Å². The Morgan fingerprint density at radius 3 is 2.50 bits per heavy atom. The van der Waals surface area contributed by atoms with Crippen LogP contribution >= 0.6 is 11.8 Å². The molecule has 0 saturated heterocycles. The molecule has 0 heterocycles. The van der Waals surface area contributed by atoms with Crippen LogP contribution in [0.3, 0.4) is 0 Å². The summed E-state index contributed by atoms with van der Waals surface area (Å²) in [7, 11) is 0. The summed E-state index contributed by atoms with van der Waals surface area (Å²) < 4.78 is 0. The van der Waals surface area contributed by atoms with Crippen LogP contribution in [0.2, 0.25) is 0 Å². The molecule has 1 N–H and O–H groups in total. The van der Waals surface area contributed by atoms with Gasteiger partial charge in [0, 0.05) is 0 Å². The van der Waals surface area contributed by atoms with Crippen LogP contribution in [-0.2, 0) is 0 Å². The molecule has 0 aliphatic carbocycles. The molecule has 0 spiro atoms. The molecule has 1 unspecified atom stereocenters. The zero-order valence-electron chi connectivity index (χ0n) is 8.55. The highest BCUT2D eigenvalue weighted by Crippen LogP contribution is 2.11. The van der Waals surface area contributed by atoms with E-state index in [1.165, 1.54) is 11.5 Å². The molecule has 74 valence electrons. The quantitative estimate of drug-likeness (QED) is 0.623. The fraction of sp³-hybridized carbons (Fsp3) is 1.00. The summed E-state index contributed by atoms with van der Waals surface area (Å²) in [6.07, 6.45) is 3.02. The fourth-order valence-electron chi connectivity index (χ4n) is 1.23. The summed E-state index contributed by atoms with van der Waals surface area (Å²) in [5, 5.41) is 9.51. The summed E-state index contributed by atoms with van der Waals surface area (Å²) in [6, 6.07) is 0. The van der Waals surface area contributed by atoms with E-state index in [-0.39, 0.29) is 6.10 Å². The standard InChI is InChI=1S/C10H22OS/c1-4-12-7-5-6-10(11)8-9(2)3/h9-11H,4-8H2,1-3H3. The molecule has 1 atom stereocenters. The zero-order valence-corrected chi connectivity index (χ0v) is 9.36. The summed E-state index contributed by atoms with van der Waals surface area (Å²) in [5.74, 6) is 3.02. The van der Waals surface area contributed by atoms with Crippen molar-refractivity contribution in [2.24, 2.45) is 5.92 Å². The minimum absolute atomic E-state index is 0.0672. The van der Waals surface area contributed by atoms with Crippen molar-refractivity contribution in [2.45, 2.75) is 46.1 Å². The molecule has 0 aliphatic heterocycles. The van der Waals surface area contributed by atoms with E-state index in [1.54, 1.807) is 0 Å². The second-order valence-electron chi connectivity index (χ2n) is 3.62.